The van der Waals surface area contributed by atoms with Crippen molar-refractivity contribution in [1.29, 1.82) is 0 Å². The van der Waals surface area contributed by atoms with Gasteiger partial charge in [-0.25, -0.2) is 9.59 Å². The molecule has 0 aliphatic heterocycles. The molecule has 0 aliphatic carbocycles. The van der Waals surface area contributed by atoms with Crippen LogP contribution in [0.25, 0.3) is 0 Å². The Hall–Kier alpha value is -3.96. The van der Waals surface area contributed by atoms with Gasteiger partial charge >= 0.3 is 35.8 Å². The number of carboxylic acids is 6. The third-order valence-corrected chi connectivity index (χ3v) is 4.63. The predicted octanol–water partition coefficient (Wildman–Crippen LogP) is 2.22. The van der Waals surface area contributed by atoms with Gasteiger partial charge in [0, 0.05) is 19.3 Å². The van der Waals surface area contributed by atoms with E-state index in [-0.39, 0.29) is 47.4 Å². The van der Waals surface area contributed by atoms with Crippen molar-refractivity contribution >= 4 is 35.8 Å². The van der Waals surface area contributed by atoms with Gasteiger partial charge in [-0.3, -0.25) is 19.2 Å². The lowest BCUT2D eigenvalue weighted by molar-refractivity contribution is -0.138. The molecule has 182 valence electrons. The normalized spacial score (nSPS) is 10.1. The molecule has 12 nitrogen and oxygen atoms in total. The molecular weight excluding hydrogens is 444 g/mol. The lowest BCUT2D eigenvalue weighted by atomic mass is 9.93. The molecule has 0 heterocycles. The summed E-state index contributed by atoms with van der Waals surface area (Å²) in [6, 6.07) is 2.20. The first-order chi connectivity index (χ1) is 15.2. The number of carbonyl (C=O) groups is 6. The van der Waals surface area contributed by atoms with Crippen LogP contribution >= 0.6 is 0 Å². The SMILES string of the molecule is Cc1c(CC(=O)O)cc(C(=O)O)cc1C(=O)O.O=C(O)CCC(CCC(=O)O)CCC(=O)O. The molecule has 1 aromatic carbocycles. The average Bonchev–Trinajstić information content (AvgIpc) is 2.68. The van der Waals surface area contributed by atoms with Gasteiger partial charge in [-0.05, 0) is 55.4 Å². The number of aromatic carboxylic acids is 2. The van der Waals surface area contributed by atoms with Gasteiger partial charge in [0.1, 0.15) is 0 Å². The zero-order valence-corrected chi connectivity index (χ0v) is 17.8. The Bertz CT molecular complexity index is 860. The second kappa shape index (κ2) is 14.2. The molecule has 6 N–H and O–H groups in total. The van der Waals surface area contributed by atoms with Gasteiger partial charge in [0.05, 0.1) is 17.5 Å². The standard InChI is InChI=1S/C11H10O6.C10H16O6/c1-5-6(4-9(12)13)2-7(10(14)15)3-8(5)11(16)17;11-8(12)4-1-7(2-5-9(13)14)3-6-10(15)16/h2-3H,4H2,1H3,(H,12,13)(H,14,15)(H,16,17);7H,1-6H2,(H,11,12)(H,13,14)(H,15,16). The molecule has 0 saturated carbocycles. The highest BCUT2D eigenvalue weighted by Gasteiger charge is 2.17. The fourth-order valence-electron chi connectivity index (χ4n) is 2.88. The number of carboxylic acid groups (broad SMARTS) is 6. The Morgan fingerprint density at radius 1 is 0.667 bits per heavy atom. The van der Waals surface area contributed by atoms with E-state index in [1.807, 2.05) is 0 Å². The third kappa shape index (κ3) is 12.5. The van der Waals surface area contributed by atoms with Crippen LogP contribution in [-0.2, 0) is 25.6 Å². The Morgan fingerprint density at radius 3 is 1.39 bits per heavy atom. The van der Waals surface area contributed by atoms with Crippen molar-refractivity contribution in [3.8, 4) is 0 Å². The van der Waals surface area contributed by atoms with Crippen LogP contribution in [0.3, 0.4) is 0 Å². The maximum atomic E-state index is 10.9. The van der Waals surface area contributed by atoms with E-state index in [1.54, 1.807) is 0 Å². The van der Waals surface area contributed by atoms with Crippen LogP contribution in [0.2, 0.25) is 0 Å². The molecule has 0 saturated heterocycles. The molecule has 0 atom stereocenters. The molecule has 0 unspecified atom stereocenters. The Balaban J connectivity index is 0.000000622. The first kappa shape index (κ1) is 29.0. The smallest absolute Gasteiger partial charge is 0.335 e. The minimum Gasteiger partial charge on any atom is -0.481 e. The van der Waals surface area contributed by atoms with E-state index in [1.165, 1.54) is 13.0 Å². The second-order valence-electron chi connectivity index (χ2n) is 7.15. The molecular formula is C21H26O12. The van der Waals surface area contributed by atoms with Gasteiger partial charge in [-0.2, -0.15) is 0 Å². The molecule has 0 aromatic heterocycles. The van der Waals surface area contributed by atoms with Gasteiger partial charge in [0.25, 0.3) is 0 Å². The molecule has 0 spiro atoms. The van der Waals surface area contributed by atoms with E-state index >= 15 is 0 Å². The number of hydrogen-bond donors (Lipinski definition) is 6. The zero-order chi connectivity index (χ0) is 25.7. The van der Waals surface area contributed by atoms with Crippen LogP contribution in [0.15, 0.2) is 12.1 Å². The summed E-state index contributed by atoms with van der Waals surface area (Å²) in [6.45, 7) is 1.45. The summed E-state index contributed by atoms with van der Waals surface area (Å²) in [6.07, 6.45) is 0.423. The van der Waals surface area contributed by atoms with Crippen molar-refractivity contribution < 1.29 is 59.4 Å². The summed E-state index contributed by atoms with van der Waals surface area (Å²) in [4.78, 5) is 63.3. The van der Waals surface area contributed by atoms with Crippen molar-refractivity contribution in [1.82, 2.24) is 0 Å². The van der Waals surface area contributed by atoms with Crippen LogP contribution in [0, 0.1) is 12.8 Å². The van der Waals surface area contributed by atoms with Gasteiger partial charge in [0.2, 0.25) is 0 Å². The zero-order valence-electron chi connectivity index (χ0n) is 17.8. The van der Waals surface area contributed by atoms with Crippen LogP contribution in [0.5, 0.6) is 0 Å². The third-order valence-electron chi connectivity index (χ3n) is 4.63. The summed E-state index contributed by atoms with van der Waals surface area (Å²) in [7, 11) is 0. The van der Waals surface area contributed by atoms with Gasteiger partial charge < -0.3 is 30.6 Å². The quantitative estimate of drug-likeness (QED) is 0.244. The first-order valence-electron chi connectivity index (χ1n) is 9.71. The van der Waals surface area contributed by atoms with Crippen molar-refractivity contribution in [2.45, 2.75) is 51.9 Å². The Kier molecular flexibility index (Phi) is 12.5. The van der Waals surface area contributed by atoms with E-state index < -0.39 is 42.2 Å². The summed E-state index contributed by atoms with van der Waals surface area (Å²) in [5.41, 5.74) is 0.0325. The molecule has 0 radical (unpaired) electrons. The molecule has 1 rings (SSSR count). The topological polar surface area (TPSA) is 224 Å². The van der Waals surface area contributed by atoms with Gasteiger partial charge in [0.15, 0.2) is 0 Å². The summed E-state index contributed by atoms with van der Waals surface area (Å²) in [5.74, 6) is -6.71. The highest BCUT2D eigenvalue weighted by molar-refractivity contribution is 5.95. The second-order valence-corrected chi connectivity index (χ2v) is 7.15. The Labute approximate surface area is 188 Å². The Morgan fingerprint density at radius 2 is 1.09 bits per heavy atom. The minimum atomic E-state index is -1.29. The summed E-state index contributed by atoms with van der Waals surface area (Å²) >= 11 is 0. The lowest BCUT2D eigenvalue weighted by Gasteiger charge is -2.13. The summed E-state index contributed by atoms with van der Waals surface area (Å²) < 4.78 is 0. The largest absolute Gasteiger partial charge is 0.481 e. The number of aliphatic carboxylic acids is 4. The maximum Gasteiger partial charge on any atom is 0.335 e. The van der Waals surface area contributed by atoms with Crippen molar-refractivity contribution in [2.24, 2.45) is 5.92 Å². The molecule has 0 bridgehead atoms. The number of rotatable bonds is 13. The molecule has 0 aliphatic rings. The minimum absolute atomic E-state index is 0.0517. The maximum absolute atomic E-state index is 10.9. The van der Waals surface area contributed by atoms with Crippen molar-refractivity contribution in [3.63, 3.8) is 0 Å². The number of hydrogen-bond acceptors (Lipinski definition) is 6. The van der Waals surface area contributed by atoms with Crippen LogP contribution in [0.1, 0.15) is 70.4 Å². The molecule has 12 heteroatoms. The van der Waals surface area contributed by atoms with E-state index in [0.717, 1.165) is 6.07 Å². The lowest BCUT2D eigenvalue weighted by Crippen LogP contribution is -2.10. The molecule has 1 aromatic rings. The van der Waals surface area contributed by atoms with E-state index in [9.17, 15) is 28.8 Å². The van der Waals surface area contributed by atoms with Crippen LogP contribution < -0.4 is 0 Å². The highest BCUT2D eigenvalue weighted by Crippen LogP contribution is 2.20. The fraction of sp³-hybridized carbons (Fsp3) is 0.429. The van der Waals surface area contributed by atoms with Crippen molar-refractivity contribution in [3.05, 3.63) is 34.4 Å². The first-order valence-corrected chi connectivity index (χ1v) is 9.71. The van der Waals surface area contributed by atoms with Gasteiger partial charge in [-0.15, -0.1) is 0 Å². The van der Waals surface area contributed by atoms with Crippen LogP contribution in [0.4, 0.5) is 0 Å². The molecule has 33 heavy (non-hydrogen) atoms. The number of benzene rings is 1. The predicted molar refractivity (Wildman–Crippen MR) is 111 cm³/mol. The van der Waals surface area contributed by atoms with E-state index in [2.05, 4.69) is 0 Å². The van der Waals surface area contributed by atoms with E-state index in [4.69, 9.17) is 30.6 Å². The van der Waals surface area contributed by atoms with Crippen molar-refractivity contribution in [2.75, 3.05) is 0 Å². The summed E-state index contributed by atoms with van der Waals surface area (Å²) in [5, 5.41) is 51.8. The van der Waals surface area contributed by atoms with Crippen LogP contribution in [-0.4, -0.2) is 66.5 Å². The molecule has 0 amide bonds. The highest BCUT2D eigenvalue weighted by atomic mass is 16.4. The van der Waals surface area contributed by atoms with E-state index in [0.29, 0.717) is 19.3 Å². The average molecular weight is 470 g/mol. The molecule has 0 fully saturated rings. The fourth-order valence-corrected chi connectivity index (χ4v) is 2.88. The van der Waals surface area contributed by atoms with Gasteiger partial charge in [-0.1, -0.05) is 0 Å². The monoisotopic (exact) mass is 470 g/mol.